The highest BCUT2D eigenvalue weighted by Gasteiger charge is 2.36. The number of hydrogen-bond acceptors (Lipinski definition) is 4. The molecule has 20 heavy (non-hydrogen) atoms. The van der Waals surface area contributed by atoms with E-state index in [2.05, 4.69) is 0 Å². The number of ketones is 1. The molecule has 2 unspecified atom stereocenters. The van der Waals surface area contributed by atoms with Crippen molar-refractivity contribution in [3.8, 4) is 6.07 Å². The van der Waals surface area contributed by atoms with Crippen molar-refractivity contribution in [2.75, 3.05) is 11.5 Å². The van der Waals surface area contributed by atoms with Crippen molar-refractivity contribution in [3.63, 3.8) is 0 Å². The predicted octanol–water partition coefficient (Wildman–Crippen LogP) is 1.91. The highest BCUT2D eigenvalue weighted by Crippen LogP contribution is 2.28. The Morgan fingerprint density at radius 3 is 2.55 bits per heavy atom. The number of nitrogens with zero attached hydrogens (tertiary/aromatic N) is 1. The number of aryl methyl sites for hydroxylation is 2. The molecule has 1 aliphatic heterocycles. The molecule has 2 atom stereocenters. The van der Waals surface area contributed by atoms with E-state index in [9.17, 15) is 18.5 Å². The van der Waals surface area contributed by atoms with Crippen LogP contribution in [0.25, 0.3) is 0 Å². The van der Waals surface area contributed by atoms with Gasteiger partial charge in [-0.2, -0.15) is 5.26 Å². The van der Waals surface area contributed by atoms with Crippen molar-refractivity contribution in [1.29, 1.82) is 5.26 Å². The Morgan fingerprint density at radius 2 is 2.05 bits per heavy atom. The lowest BCUT2D eigenvalue weighted by Gasteiger charge is -2.14. The normalized spacial score (nSPS) is 22.1. The van der Waals surface area contributed by atoms with E-state index >= 15 is 0 Å². The molecule has 0 aromatic heterocycles. The van der Waals surface area contributed by atoms with Crippen LogP contribution in [0.5, 0.6) is 0 Å². The van der Waals surface area contributed by atoms with E-state index in [1.165, 1.54) is 0 Å². The maximum absolute atomic E-state index is 12.4. The van der Waals surface area contributed by atoms with Gasteiger partial charge in [0.05, 0.1) is 17.6 Å². The molecule has 0 spiro atoms. The molecule has 1 saturated heterocycles. The monoisotopic (exact) mass is 291 g/mol. The molecular weight excluding hydrogens is 274 g/mol. The SMILES string of the molecule is Cc1ccc(C(C#N)C(=O)C2CCS(=O)(=O)C2)cc1C. The fourth-order valence-electron chi connectivity index (χ4n) is 2.50. The van der Waals surface area contributed by atoms with Gasteiger partial charge in [0.2, 0.25) is 0 Å². The molecule has 1 aromatic carbocycles. The summed E-state index contributed by atoms with van der Waals surface area (Å²) in [5, 5.41) is 9.28. The summed E-state index contributed by atoms with van der Waals surface area (Å²) in [6, 6.07) is 7.52. The average molecular weight is 291 g/mol. The molecule has 1 aromatic rings. The average Bonchev–Trinajstić information content (AvgIpc) is 2.75. The number of rotatable bonds is 3. The third-order valence-electron chi connectivity index (χ3n) is 3.91. The van der Waals surface area contributed by atoms with Crippen molar-refractivity contribution >= 4 is 15.6 Å². The third kappa shape index (κ3) is 2.91. The molecule has 0 saturated carbocycles. The van der Waals surface area contributed by atoms with Gasteiger partial charge in [-0.25, -0.2) is 8.42 Å². The van der Waals surface area contributed by atoms with Gasteiger partial charge in [0.1, 0.15) is 5.92 Å². The zero-order valence-corrected chi connectivity index (χ0v) is 12.4. The molecule has 1 aliphatic rings. The fourth-order valence-corrected chi connectivity index (χ4v) is 4.26. The number of benzene rings is 1. The minimum atomic E-state index is -3.11. The molecule has 1 heterocycles. The van der Waals surface area contributed by atoms with Gasteiger partial charge in [0, 0.05) is 5.92 Å². The zero-order valence-electron chi connectivity index (χ0n) is 11.6. The number of hydrogen-bond donors (Lipinski definition) is 0. The summed E-state index contributed by atoms with van der Waals surface area (Å²) in [7, 11) is -3.11. The molecule has 4 nitrogen and oxygen atoms in total. The summed E-state index contributed by atoms with van der Waals surface area (Å²) in [5.74, 6) is -1.74. The Hall–Kier alpha value is -1.67. The molecule has 0 aliphatic carbocycles. The van der Waals surface area contributed by atoms with E-state index < -0.39 is 21.7 Å². The summed E-state index contributed by atoms with van der Waals surface area (Å²) < 4.78 is 22.9. The number of carbonyl (C=O) groups is 1. The molecule has 0 radical (unpaired) electrons. The van der Waals surface area contributed by atoms with Crippen LogP contribution < -0.4 is 0 Å². The first-order valence-corrected chi connectivity index (χ1v) is 8.37. The summed E-state index contributed by atoms with van der Waals surface area (Å²) >= 11 is 0. The van der Waals surface area contributed by atoms with Crippen molar-refractivity contribution in [3.05, 3.63) is 34.9 Å². The minimum Gasteiger partial charge on any atom is -0.297 e. The van der Waals surface area contributed by atoms with Crippen molar-refractivity contribution in [2.45, 2.75) is 26.2 Å². The first kappa shape index (κ1) is 14.7. The molecular formula is C15H17NO3S. The van der Waals surface area contributed by atoms with E-state index in [1.54, 1.807) is 6.07 Å². The van der Waals surface area contributed by atoms with Crippen molar-refractivity contribution < 1.29 is 13.2 Å². The summed E-state index contributed by atoms with van der Waals surface area (Å²) in [4.78, 5) is 12.4. The third-order valence-corrected chi connectivity index (χ3v) is 5.68. The number of sulfone groups is 1. The van der Waals surface area contributed by atoms with Gasteiger partial charge < -0.3 is 0 Å². The Labute approximate surface area is 119 Å². The summed E-state index contributed by atoms with van der Waals surface area (Å²) in [6.07, 6.45) is 0.337. The second kappa shape index (κ2) is 5.37. The second-order valence-corrected chi connectivity index (χ2v) is 7.64. The minimum absolute atomic E-state index is 0.0501. The van der Waals surface area contributed by atoms with E-state index in [4.69, 9.17) is 0 Å². The van der Waals surface area contributed by atoms with E-state index in [0.717, 1.165) is 11.1 Å². The highest BCUT2D eigenvalue weighted by atomic mass is 32.2. The molecule has 106 valence electrons. The molecule has 1 fully saturated rings. The van der Waals surface area contributed by atoms with E-state index in [0.29, 0.717) is 12.0 Å². The van der Waals surface area contributed by atoms with Crippen LogP contribution in [-0.2, 0) is 14.6 Å². The van der Waals surface area contributed by atoms with Crippen molar-refractivity contribution in [1.82, 2.24) is 0 Å². The zero-order chi connectivity index (χ0) is 14.9. The highest BCUT2D eigenvalue weighted by molar-refractivity contribution is 7.91. The van der Waals surface area contributed by atoms with Crippen LogP contribution >= 0.6 is 0 Å². The maximum atomic E-state index is 12.4. The molecule has 5 heteroatoms. The number of nitriles is 1. The van der Waals surface area contributed by atoms with Gasteiger partial charge in [-0.1, -0.05) is 18.2 Å². The molecule has 0 bridgehead atoms. The van der Waals surface area contributed by atoms with Gasteiger partial charge in [0.25, 0.3) is 0 Å². The van der Waals surface area contributed by atoms with Crippen LogP contribution in [-0.4, -0.2) is 25.7 Å². The topological polar surface area (TPSA) is 75.0 Å². The standard InChI is InChI=1S/C15H17NO3S/c1-10-3-4-12(7-11(10)2)14(8-16)15(17)13-5-6-20(18,19)9-13/h3-4,7,13-14H,5-6,9H2,1-2H3. The Kier molecular flexibility index (Phi) is 3.96. The van der Waals surface area contributed by atoms with Crippen LogP contribution in [0.2, 0.25) is 0 Å². The Balaban J connectivity index is 2.27. The lowest BCUT2D eigenvalue weighted by Crippen LogP contribution is -2.22. The van der Waals surface area contributed by atoms with Gasteiger partial charge in [0.15, 0.2) is 15.6 Å². The van der Waals surface area contributed by atoms with Crippen LogP contribution in [0.3, 0.4) is 0 Å². The lowest BCUT2D eigenvalue weighted by molar-refractivity contribution is -0.122. The van der Waals surface area contributed by atoms with Crippen molar-refractivity contribution in [2.24, 2.45) is 5.92 Å². The first-order chi connectivity index (χ1) is 9.34. The summed E-state index contributed by atoms with van der Waals surface area (Å²) in [6.45, 7) is 3.89. The quantitative estimate of drug-likeness (QED) is 0.852. The van der Waals surface area contributed by atoms with Gasteiger partial charge in [-0.15, -0.1) is 0 Å². The Morgan fingerprint density at radius 1 is 1.35 bits per heavy atom. The largest absolute Gasteiger partial charge is 0.297 e. The Bertz CT molecular complexity index is 686. The van der Waals surface area contributed by atoms with Crippen LogP contribution in [0, 0.1) is 31.1 Å². The molecule has 0 N–H and O–H groups in total. The van der Waals surface area contributed by atoms with Crippen LogP contribution in [0.15, 0.2) is 18.2 Å². The number of carbonyl (C=O) groups excluding carboxylic acids is 1. The predicted molar refractivity (Wildman–Crippen MR) is 76.0 cm³/mol. The summed E-state index contributed by atoms with van der Waals surface area (Å²) in [5.41, 5.74) is 2.78. The van der Waals surface area contributed by atoms with Gasteiger partial charge in [-0.3, -0.25) is 4.79 Å². The molecule has 0 amide bonds. The maximum Gasteiger partial charge on any atom is 0.158 e. The van der Waals surface area contributed by atoms with Crippen LogP contribution in [0.1, 0.15) is 29.0 Å². The van der Waals surface area contributed by atoms with Gasteiger partial charge in [-0.05, 0) is 37.0 Å². The van der Waals surface area contributed by atoms with Crippen LogP contribution in [0.4, 0.5) is 0 Å². The smallest absolute Gasteiger partial charge is 0.158 e. The lowest BCUT2D eigenvalue weighted by atomic mass is 9.87. The second-order valence-electron chi connectivity index (χ2n) is 5.41. The molecule has 2 rings (SSSR count). The van der Waals surface area contributed by atoms with E-state index in [1.807, 2.05) is 32.0 Å². The fraction of sp³-hybridized carbons (Fsp3) is 0.467. The first-order valence-electron chi connectivity index (χ1n) is 6.55. The number of Topliss-reactive ketones (excluding diaryl/α,β-unsaturated/α-hetero) is 1. The van der Waals surface area contributed by atoms with E-state index in [-0.39, 0.29) is 17.3 Å². The van der Waals surface area contributed by atoms with Gasteiger partial charge >= 0.3 is 0 Å².